The zero-order chi connectivity index (χ0) is 13.4. The Morgan fingerprint density at radius 1 is 1.39 bits per heavy atom. The van der Waals surface area contributed by atoms with Crippen LogP contribution in [-0.4, -0.2) is 19.6 Å². The second-order valence-electron chi connectivity index (χ2n) is 4.49. The Morgan fingerprint density at radius 3 is 2.72 bits per heavy atom. The highest BCUT2D eigenvalue weighted by Crippen LogP contribution is 2.22. The maximum absolute atomic E-state index is 10.5. The summed E-state index contributed by atoms with van der Waals surface area (Å²) >= 11 is 0. The minimum Gasteiger partial charge on any atom is -0.496 e. The van der Waals surface area contributed by atoms with Gasteiger partial charge in [0.15, 0.2) is 0 Å². The first-order valence-electron chi connectivity index (χ1n) is 6.60. The normalized spacial score (nSPS) is 11.9. The van der Waals surface area contributed by atoms with Crippen LogP contribution in [-0.2, 0) is 17.6 Å². The van der Waals surface area contributed by atoms with Crippen molar-refractivity contribution in [1.29, 1.82) is 0 Å². The molecule has 1 aromatic carbocycles. The van der Waals surface area contributed by atoms with E-state index in [-0.39, 0.29) is 6.04 Å². The summed E-state index contributed by atoms with van der Waals surface area (Å²) in [4.78, 5) is 10.5. The number of ether oxygens (including phenoxy) is 1. The second-order valence-corrected chi connectivity index (χ2v) is 4.49. The zero-order valence-electron chi connectivity index (χ0n) is 11.5. The molecule has 3 heteroatoms. The summed E-state index contributed by atoms with van der Waals surface area (Å²) in [5.74, 6) is 0.956. The van der Waals surface area contributed by atoms with Gasteiger partial charge in [-0.1, -0.05) is 32.4 Å². The maximum atomic E-state index is 10.5. The molecule has 1 N–H and O–H groups in total. The molecule has 0 unspecified atom stereocenters. The highest BCUT2D eigenvalue weighted by Gasteiger charge is 2.08. The van der Waals surface area contributed by atoms with Crippen molar-refractivity contribution in [2.24, 2.45) is 0 Å². The summed E-state index contributed by atoms with van der Waals surface area (Å²) in [5, 5.41) is 2.85. The SMILES string of the molecule is CCCc1cc(C[C@H](CC)NC=O)ccc1OC. The molecule has 0 spiro atoms. The number of hydrogen-bond donors (Lipinski definition) is 1. The van der Waals surface area contributed by atoms with Gasteiger partial charge in [-0.15, -0.1) is 0 Å². The van der Waals surface area contributed by atoms with Crippen molar-refractivity contribution in [3.63, 3.8) is 0 Å². The summed E-state index contributed by atoms with van der Waals surface area (Å²) in [6, 6.07) is 6.50. The fourth-order valence-corrected chi connectivity index (χ4v) is 2.13. The number of benzene rings is 1. The Labute approximate surface area is 110 Å². The third kappa shape index (κ3) is 4.06. The molecule has 1 rings (SSSR count). The van der Waals surface area contributed by atoms with Crippen LogP contribution in [0.4, 0.5) is 0 Å². The van der Waals surface area contributed by atoms with Gasteiger partial charge in [-0.2, -0.15) is 0 Å². The molecule has 0 bridgehead atoms. The Kier molecular flexibility index (Phi) is 6.26. The smallest absolute Gasteiger partial charge is 0.207 e. The molecule has 0 aliphatic rings. The van der Waals surface area contributed by atoms with Crippen LogP contribution in [0.2, 0.25) is 0 Å². The fraction of sp³-hybridized carbons (Fsp3) is 0.533. The molecule has 3 nitrogen and oxygen atoms in total. The first-order chi connectivity index (χ1) is 8.74. The van der Waals surface area contributed by atoms with Gasteiger partial charge in [0.2, 0.25) is 6.41 Å². The summed E-state index contributed by atoms with van der Waals surface area (Å²) in [6.45, 7) is 4.24. The van der Waals surface area contributed by atoms with Crippen molar-refractivity contribution in [1.82, 2.24) is 5.32 Å². The zero-order valence-corrected chi connectivity index (χ0v) is 11.5. The monoisotopic (exact) mass is 249 g/mol. The molecule has 0 saturated carbocycles. The molecule has 1 aromatic rings. The van der Waals surface area contributed by atoms with Gasteiger partial charge in [0.25, 0.3) is 0 Å². The van der Waals surface area contributed by atoms with Crippen molar-refractivity contribution < 1.29 is 9.53 Å². The Bertz CT molecular complexity index is 377. The van der Waals surface area contributed by atoms with Crippen LogP contribution in [0.1, 0.15) is 37.8 Å². The summed E-state index contributed by atoms with van der Waals surface area (Å²) in [5.41, 5.74) is 2.50. The minimum absolute atomic E-state index is 0.213. The van der Waals surface area contributed by atoms with Gasteiger partial charge < -0.3 is 10.1 Å². The summed E-state index contributed by atoms with van der Waals surface area (Å²) in [7, 11) is 1.71. The van der Waals surface area contributed by atoms with Crippen LogP contribution < -0.4 is 10.1 Å². The van der Waals surface area contributed by atoms with Gasteiger partial charge in [-0.3, -0.25) is 4.79 Å². The first-order valence-corrected chi connectivity index (χ1v) is 6.60. The van der Waals surface area contributed by atoms with E-state index in [1.165, 1.54) is 11.1 Å². The number of carbonyl (C=O) groups excluding carboxylic acids is 1. The third-order valence-corrected chi connectivity index (χ3v) is 3.14. The number of nitrogens with one attached hydrogen (secondary N) is 1. The van der Waals surface area contributed by atoms with Gasteiger partial charge in [-0.25, -0.2) is 0 Å². The Hall–Kier alpha value is -1.51. The lowest BCUT2D eigenvalue weighted by Gasteiger charge is -2.15. The van der Waals surface area contributed by atoms with Gasteiger partial charge >= 0.3 is 0 Å². The fourth-order valence-electron chi connectivity index (χ4n) is 2.13. The molecule has 100 valence electrons. The molecule has 1 atom stereocenters. The topological polar surface area (TPSA) is 38.3 Å². The molecule has 0 aliphatic heterocycles. The number of hydrogen-bond acceptors (Lipinski definition) is 2. The lowest BCUT2D eigenvalue weighted by molar-refractivity contribution is -0.110. The molecule has 0 aliphatic carbocycles. The van der Waals surface area contributed by atoms with E-state index in [0.29, 0.717) is 0 Å². The summed E-state index contributed by atoms with van der Waals surface area (Å²) < 4.78 is 5.36. The van der Waals surface area contributed by atoms with E-state index in [9.17, 15) is 4.79 Å². The average molecular weight is 249 g/mol. The van der Waals surface area contributed by atoms with Gasteiger partial charge in [0, 0.05) is 6.04 Å². The third-order valence-electron chi connectivity index (χ3n) is 3.14. The average Bonchev–Trinajstić information content (AvgIpc) is 2.39. The van der Waals surface area contributed by atoms with E-state index >= 15 is 0 Å². The van der Waals surface area contributed by atoms with Crippen LogP contribution in [0.15, 0.2) is 18.2 Å². The number of carbonyl (C=O) groups is 1. The molecule has 0 heterocycles. The molecule has 1 amide bonds. The van der Waals surface area contributed by atoms with Crippen LogP contribution >= 0.6 is 0 Å². The highest BCUT2D eigenvalue weighted by atomic mass is 16.5. The quantitative estimate of drug-likeness (QED) is 0.719. The van der Waals surface area contributed by atoms with Crippen LogP contribution in [0.25, 0.3) is 0 Å². The number of rotatable bonds is 8. The van der Waals surface area contributed by atoms with Crippen molar-refractivity contribution in [3.05, 3.63) is 29.3 Å². The Morgan fingerprint density at radius 2 is 2.17 bits per heavy atom. The largest absolute Gasteiger partial charge is 0.496 e. The molecule has 18 heavy (non-hydrogen) atoms. The van der Waals surface area contributed by atoms with Crippen LogP contribution in [0.5, 0.6) is 5.75 Å². The van der Waals surface area contributed by atoms with Crippen molar-refractivity contribution in [3.8, 4) is 5.75 Å². The number of aryl methyl sites for hydroxylation is 1. The predicted molar refractivity (Wildman–Crippen MR) is 74.0 cm³/mol. The highest BCUT2D eigenvalue weighted by molar-refractivity contribution is 5.47. The van der Waals surface area contributed by atoms with E-state index in [0.717, 1.165) is 37.8 Å². The van der Waals surface area contributed by atoms with Crippen LogP contribution in [0.3, 0.4) is 0 Å². The van der Waals surface area contributed by atoms with E-state index in [4.69, 9.17) is 4.74 Å². The summed E-state index contributed by atoms with van der Waals surface area (Å²) in [6.07, 6.45) is 4.72. The molecular weight excluding hydrogens is 226 g/mol. The predicted octanol–water partition coefficient (Wildman–Crippen LogP) is 2.71. The molecule has 0 saturated heterocycles. The van der Waals surface area contributed by atoms with Crippen molar-refractivity contribution in [2.75, 3.05) is 7.11 Å². The Balaban J connectivity index is 2.82. The first kappa shape index (κ1) is 14.6. The number of amides is 1. The van der Waals surface area contributed by atoms with Gasteiger partial charge in [0.05, 0.1) is 7.11 Å². The minimum atomic E-state index is 0.213. The molecule has 0 aromatic heterocycles. The standard InChI is InChI=1S/C15H23NO2/c1-4-6-13-9-12(7-8-15(13)18-3)10-14(5-2)16-11-17/h7-9,11,14H,4-6,10H2,1-3H3,(H,16,17)/t14-/m0/s1. The van der Waals surface area contributed by atoms with E-state index in [1.54, 1.807) is 7.11 Å². The van der Waals surface area contributed by atoms with Gasteiger partial charge in [0.1, 0.15) is 5.75 Å². The van der Waals surface area contributed by atoms with E-state index in [2.05, 4.69) is 31.3 Å². The second kappa shape index (κ2) is 7.75. The lowest BCUT2D eigenvalue weighted by atomic mass is 9.99. The lowest BCUT2D eigenvalue weighted by Crippen LogP contribution is -2.29. The van der Waals surface area contributed by atoms with E-state index < -0.39 is 0 Å². The maximum Gasteiger partial charge on any atom is 0.207 e. The van der Waals surface area contributed by atoms with Crippen molar-refractivity contribution in [2.45, 2.75) is 45.6 Å². The number of methoxy groups -OCH3 is 1. The van der Waals surface area contributed by atoms with Crippen LogP contribution in [0, 0.1) is 0 Å². The molecule has 0 radical (unpaired) electrons. The molecule has 0 fully saturated rings. The van der Waals surface area contributed by atoms with Gasteiger partial charge in [-0.05, 0) is 36.5 Å². The van der Waals surface area contributed by atoms with Crippen molar-refractivity contribution >= 4 is 6.41 Å². The van der Waals surface area contributed by atoms with E-state index in [1.807, 2.05) is 6.07 Å². The molecular formula is C15H23NO2.